The highest BCUT2D eigenvalue weighted by molar-refractivity contribution is 9.11. The lowest BCUT2D eigenvalue weighted by molar-refractivity contribution is -0.136. The zero-order valence-corrected chi connectivity index (χ0v) is 15.8. The number of nitrogens with zero attached hydrogens (tertiary/aromatic N) is 2. The molecule has 1 aliphatic heterocycles. The van der Waals surface area contributed by atoms with E-state index in [1.165, 1.54) is 4.88 Å². The monoisotopic (exact) mass is 402 g/mol. The molecule has 1 aliphatic rings. The number of nitrogens with one attached hydrogen (secondary N) is 1. The van der Waals surface area contributed by atoms with Crippen LogP contribution in [-0.4, -0.2) is 54.0 Å². The summed E-state index contributed by atoms with van der Waals surface area (Å²) in [5.74, 6) is -0.0335. The van der Waals surface area contributed by atoms with Gasteiger partial charge in [0, 0.05) is 37.6 Å². The molecule has 3 N–H and O–H groups in total. The Morgan fingerprint density at radius 1 is 1.30 bits per heavy atom. The predicted molar refractivity (Wildman–Crippen MR) is 95.2 cm³/mol. The SMILES string of the molecule is CC(C)[C@H](NC(N)=O)C(=O)N1CCN(Cc2ccc(Br)s2)CC1. The summed E-state index contributed by atoms with van der Waals surface area (Å²) in [6, 6.07) is 2.98. The molecule has 0 radical (unpaired) electrons. The maximum atomic E-state index is 12.6. The van der Waals surface area contributed by atoms with Crippen LogP contribution in [0.3, 0.4) is 0 Å². The summed E-state index contributed by atoms with van der Waals surface area (Å²) >= 11 is 5.21. The topological polar surface area (TPSA) is 78.7 Å². The van der Waals surface area contributed by atoms with Crippen LogP contribution in [-0.2, 0) is 11.3 Å². The summed E-state index contributed by atoms with van der Waals surface area (Å²) in [5.41, 5.74) is 5.18. The van der Waals surface area contributed by atoms with Crippen molar-refractivity contribution in [3.8, 4) is 0 Å². The number of primary amides is 1. The second-order valence-electron chi connectivity index (χ2n) is 6.04. The van der Waals surface area contributed by atoms with E-state index in [4.69, 9.17) is 5.73 Å². The first-order chi connectivity index (χ1) is 10.9. The molecule has 1 atom stereocenters. The molecule has 0 aliphatic carbocycles. The Labute approximate surface area is 149 Å². The van der Waals surface area contributed by atoms with Crippen molar-refractivity contribution in [2.75, 3.05) is 26.2 Å². The molecule has 6 nitrogen and oxygen atoms in total. The van der Waals surface area contributed by atoms with Crippen molar-refractivity contribution in [2.24, 2.45) is 11.7 Å². The van der Waals surface area contributed by atoms with E-state index in [1.54, 1.807) is 11.3 Å². The normalized spacial score (nSPS) is 17.3. The lowest BCUT2D eigenvalue weighted by atomic mass is 10.0. The highest BCUT2D eigenvalue weighted by Crippen LogP contribution is 2.23. The van der Waals surface area contributed by atoms with Crippen LogP contribution in [0.4, 0.5) is 4.79 Å². The standard InChI is InChI=1S/C15H23BrN4O2S/c1-10(2)13(18-15(17)22)14(21)20-7-5-19(6-8-20)9-11-3-4-12(16)23-11/h3-4,10,13H,5-9H2,1-2H3,(H3,17,18,22)/t13-/m0/s1. The van der Waals surface area contributed by atoms with E-state index in [2.05, 4.69) is 38.3 Å². The lowest BCUT2D eigenvalue weighted by Gasteiger charge is -2.37. The summed E-state index contributed by atoms with van der Waals surface area (Å²) in [6.07, 6.45) is 0. The first-order valence-electron chi connectivity index (χ1n) is 7.68. The molecule has 23 heavy (non-hydrogen) atoms. The number of nitrogens with two attached hydrogens (primary N) is 1. The number of rotatable bonds is 5. The summed E-state index contributed by atoms with van der Waals surface area (Å²) in [6.45, 7) is 7.74. The van der Waals surface area contributed by atoms with Crippen molar-refractivity contribution in [1.29, 1.82) is 0 Å². The number of amides is 3. The first-order valence-corrected chi connectivity index (χ1v) is 9.29. The van der Waals surface area contributed by atoms with Gasteiger partial charge in [0.15, 0.2) is 0 Å². The zero-order valence-electron chi connectivity index (χ0n) is 13.4. The van der Waals surface area contributed by atoms with Crippen molar-refractivity contribution in [3.05, 3.63) is 20.8 Å². The molecular formula is C15H23BrN4O2S. The molecule has 3 amide bonds. The van der Waals surface area contributed by atoms with Gasteiger partial charge in [-0.25, -0.2) is 4.79 Å². The highest BCUT2D eigenvalue weighted by Gasteiger charge is 2.30. The van der Waals surface area contributed by atoms with Gasteiger partial charge in [-0.05, 0) is 34.0 Å². The molecule has 128 valence electrons. The van der Waals surface area contributed by atoms with Crippen LogP contribution in [0.5, 0.6) is 0 Å². The number of hydrogen-bond donors (Lipinski definition) is 2. The number of carbonyl (C=O) groups excluding carboxylic acids is 2. The summed E-state index contributed by atoms with van der Waals surface area (Å²) < 4.78 is 1.14. The third kappa shape index (κ3) is 5.19. The van der Waals surface area contributed by atoms with E-state index < -0.39 is 12.1 Å². The molecule has 0 bridgehead atoms. The second kappa shape index (κ2) is 8.12. The molecule has 2 heterocycles. The van der Waals surface area contributed by atoms with Gasteiger partial charge in [0.25, 0.3) is 0 Å². The molecule has 1 aromatic rings. The van der Waals surface area contributed by atoms with Crippen molar-refractivity contribution in [3.63, 3.8) is 0 Å². The number of urea groups is 1. The Morgan fingerprint density at radius 2 is 1.96 bits per heavy atom. The maximum absolute atomic E-state index is 12.6. The summed E-state index contributed by atoms with van der Waals surface area (Å²) in [5, 5.41) is 2.56. The Bertz CT molecular complexity index is 555. The zero-order chi connectivity index (χ0) is 17.0. The van der Waals surface area contributed by atoms with Crippen LogP contribution in [0.25, 0.3) is 0 Å². The minimum absolute atomic E-state index is 0.0106. The van der Waals surface area contributed by atoms with Crippen LogP contribution in [0, 0.1) is 5.92 Å². The number of piperazine rings is 1. The average molecular weight is 403 g/mol. The van der Waals surface area contributed by atoms with Crippen LogP contribution in [0.1, 0.15) is 18.7 Å². The lowest BCUT2D eigenvalue weighted by Crippen LogP contribution is -2.56. The number of thiophene rings is 1. The van der Waals surface area contributed by atoms with Crippen LogP contribution >= 0.6 is 27.3 Å². The Balaban J connectivity index is 1.87. The predicted octanol–water partition coefficient (Wildman–Crippen LogP) is 1.85. The van der Waals surface area contributed by atoms with Crippen molar-refractivity contribution >= 4 is 39.2 Å². The van der Waals surface area contributed by atoms with Crippen LogP contribution in [0.15, 0.2) is 15.9 Å². The molecule has 0 saturated carbocycles. The first kappa shape index (κ1) is 18.2. The van der Waals surface area contributed by atoms with E-state index in [-0.39, 0.29) is 11.8 Å². The molecule has 0 spiro atoms. The van der Waals surface area contributed by atoms with Crippen LogP contribution in [0.2, 0.25) is 0 Å². The smallest absolute Gasteiger partial charge is 0.312 e. The molecule has 1 saturated heterocycles. The molecule has 0 unspecified atom stereocenters. The van der Waals surface area contributed by atoms with Gasteiger partial charge in [0.2, 0.25) is 5.91 Å². The van der Waals surface area contributed by atoms with E-state index in [0.717, 1.165) is 23.4 Å². The number of hydrogen-bond acceptors (Lipinski definition) is 4. The summed E-state index contributed by atoms with van der Waals surface area (Å²) in [4.78, 5) is 29.1. The maximum Gasteiger partial charge on any atom is 0.312 e. The molecule has 1 fully saturated rings. The van der Waals surface area contributed by atoms with E-state index in [1.807, 2.05) is 18.7 Å². The molecule has 0 aromatic carbocycles. The molecule has 2 rings (SSSR count). The Hall–Kier alpha value is -1.12. The van der Waals surface area contributed by atoms with Gasteiger partial charge in [-0.15, -0.1) is 11.3 Å². The summed E-state index contributed by atoms with van der Waals surface area (Å²) in [7, 11) is 0. The second-order valence-corrected chi connectivity index (χ2v) is 8.59. The number of carbonyl (C=O) groups is 2. The van der Waals surface area contributed by atoms with E-state index in [0.29, 0.717) is 13.1 Å². The largest absolute Gasteiger partial charge is 0.352 e. The molecule has 1 aromatic heterocycles. The fraction of sp³-hybridized carbons (Fsp3) is 0.600. The van der Waals surface area contributed by atoms with Crippen molar-refractivity contribution < 1.29 is 9.59 Å². The van der Waals surface area contributed by atoms with Gasteiger partial charge in [-0.2, -0.15) is 0 Å². The van der Waals surface area contributed by atoms with Gasteiger partial charge in [-0.3, -0.25) is 9.69 Å². The molecular weight excluding hydrogens is 380 g/mol. The third-order valence-corrected chi connectivity index (χ3v) is 5.53. The minimum atomic E-state index is -0.654. The Kier molecular flexibility index (Phi) is 6.43. The third-order valence-electron chi connectivity index (χ3n) is 3.92. The quantitative estimate of drug-likeness (QED) is 0.788. The average Bonchev–Trinajstić information content (AvgIpc) is 2.89. The van der Waals surface area contributed by atoms with Crippen LogP contribution < -0.4 is 11.1 Å². The van der Waals surface area contributed by atoms with E-state index >= 15 is 0 Å². The highest BCUT2D eigenvalue weighted by atomic mass is 79.9. The van der Waals surface area contributed by atoms with E-state index in [9.17, 15) is 9.59 Å². The van der Waals surface area contributed by atoms with Gasteiger partial charge in [-0.1, -0.05) is 13.8 Å². The van der Waals surface area contributed by atoms with Crippen molar-refractivity contribution in [2.45, 2.75) is 26.4 Å². The fourth-order valence-corrected chi connectivity index (χ4v) is 4.17. The minimum Gasteiger partial charge on any atom is -0.352 e. The van der Waals surface area contributed by atoms with Crippen molar-refractivity contribution in [1.82, 2.24) is 15.1 Å². The number of halogens is 1. The van der Waals surface area contributed by atoms with Gasteiger partial charge in [0.1, 0.15) is 6.04 Å². The fourth-order valence-electron chi connectivity index (χ4n) is 2.65. The van der Waals surface area contributed by atoms with Gasteiger partial charge < -0.3 is 16.0 Å². The van der Waals surface area contributed by atoms with Gasteiger partial charge >= 0.3 is 6.03 Å². The molecule has 8 heteroatoms. The van der Waals surface area contributed by atoms with Gasteiger partial charge in [0.05, 0.1) is 3.79 Å². The Morgan fingerprint density at radius 3 is 2.43 bits per heavy atom.